The van der Waals surface area contributed by atoms with E-state index in [1.165, 1.54) is 18.2 Å². The summed E-state index contributed by atoms with van der Waals surface area (Å²) in [6.45, 7) is 1.49. The highest BCUT2D eigenvalue weighted by atomic mass is 35.5. The van der Waals surface area contributed by atoms with Gasteiger partial charge in [-0.3, -0.25) is 9.52 Å². The molecule has 6 nitrogen and oxygen atoms in total. The van der Waals surface area contributed by atoms with Crippen LogP contribution in [0, 0.1) is 6.92 Å². The van der Waals surface area contributed by atoms with Crippen LogP contribution in [-0.4, -0.2) is 20.9 Å². The molecule has 2 N–H and O–H groups in total. The van der Waals surface area contributed by atoms with Gasteiger partial charge in [-0.2, -0.15) is 0 Å². The van der Waals surface area contributed by atoms with Gasteiger partial charge in [0, 0.05) is 16.4 Å². The second-order valence-corrected chi connectivity index (χ2v) is 8.36. The van der Waals surface area contributed by atoms with Gasteiger partial charge >= 0.3 is 0 Å². The van der Waals surface area contributed by atoms with Crippen molar-refractivity contribution < 1.29 is 17.9 Å². The predicted octanol–water partition coefficient (Wildman–Crippen LogP) is 4.47. The number of carbonyl (C=O) groups is 1. The van der Waals surface area contributed by atoms with Crippen molar-refractivity contribution in [3.8, 4) is 5.75 Å². The minimum absolute atomic E-state index is 0.106. The topological polar surface area (TPSA) is 84.5 Å². The number of para-hydroxylation sites is 1. The fourth-order valence-electron chi connectivity index (χ4n) is 2.58. The average Bonchev–Trinajstić information content (AvgIpc) is 2.67. The minimum atomic E-state index is -3.73. The number of halogens is 1. The maximum Gasteiger partial charge on any atom is 0.262 e. The van der Waals surface area contributed by atoms with E-state index >= 15 is 0 Å². The molecule has 0 saturated heterocycles. The summed E-state index contributed by atoms with van der Waals surface area (Å²) in [6, 6.07) is 19.9. The lowest BCUT2D eigenvalue weighted by Gasteiger charge is -2.12. The Morgan fingerprint density at radius 1 is 0.966 bits per heavy atom. The summed E-state index contributed by atoms with van der Waals surface area (Å²) in [6.07, 6.45) is 0. The molecule has 150 valence electrons. The van der Waals surface area contributed by atoms with Crippen molar-refractivity contribution in [3.63, 3.8) is 0 Å². The van der Waals surface area contributed by atoms with Gasteiger partial charge in [0.1, 0.15) is 5.75 Å². The number of hydrogen-bond donors (Lipinski definition) is 2. The van der Waals surface area contributed by atoms with Crippen LogP contribution in [0.15, 0.2) is 77.7 Å². The van der Waals surface area contributed by atoms with Crippen LogP contribution >= 0.6 is 11.6 Å². The van der Waals surface area contributed by atoms with E-state index < -0.39 is 10.0 Å². The first-order chi connectivity index (χ1) is 13.8. The Balaban J connectivity index is 1.64. The fraction of sp³-hybridized carbons (Fsp3) is 0.0952. The lowest BCUT2D eigenvalue weighted by Crippen LogP contribution is -2.20. The Hall–Kier alpha value is -3.03. The van der Waals surface area contributed by atoms with E-state index in [-0.39, 0.29) is 17.4 Å². The van der Waals surface area contributed by atoms with E-state index in [1.54, 1.807) is 61.5 Å². The lowest BCUT2D eigenvalue weighted by atomic mass is 10.2. The van der Waals surface area contributed by atoms with Crippen LogP contribution in [0.4, 0.5) is 11.4 Å². The molecule has 0 heterocycles. The predicted molar refractivity (Wildman–Crippen MR) is 114 cm³/mol. The molecule has 0 atom stereocenters. The zero-order valence-electron chi connectivity index (χ0n) is 15.6. The van der Waals surface area contributed by atoms with Crippen molar-refractivity contribution in [1.82, 2.24) is 0 Å². The van der Waals surface area contributed by atoms with E-state index in [0.29, 0.717) is 27.7 Å². The SMILES string of the molecule is Cc1cc(S(=O)(=O)Nc2ccccc2)ccc1OCC(=O)Nc1cccc(Cl)c1. The summed E-state index contributed by atoms with van der Waals surface area (Å²) in [5, 5.41) is 3.20. The van der Waals surface area contributed by atoms with Crippen molar-refractivity contribution in [2.24, 2.45) is 0 Å². The van der Waals surface area contributed by atoms with E-state index in [4.69, 9.17) is 16.3 Å². The molecule has 0 aliphatic carbocycles. The summed E-state index contributed by atoms with van der Waals surface area (Å²) in [5.41, 5.74) is 1.64. The molecule has 3 aromatic carbocycles. The molecule has 0 bridgehead atoms. The zero-order chi connectivity index (χ0) is 20.9. The van der Waals surface area contributed by atoms with E-state index in [1.807, 2.05) is 0 Å². The minimum Gasteiger partial charge on any atom is -0.483 e. The summed E-state index contributed by atoms with van der Waals surface area (Å²) in [7, 11) is -3.73. The number of nitrogens with one attached hydrogen (secondary N) is 2. The Morgan fingerprint density at radius 2 is 1.69 bits per heavy atom. The molecule has 8 heteroatoms. The lowest BCUT2D eigenvalue weighted by molar-refractivity contribution is -0.118. The number of hydrogen-bond acceptors (Lipinski definition) is 4. The van der Waals surface area contributed by atoms with Crippen LogP contribution < -0.4 is 14.8 Å². The van der Waals surface area contributed by atoms with Gasteiger partial charge in [-0.1, -0.05) is 35.9 Å². The number of rotatable bonds is 7. The molecule has 0 spiro atoms. The van der Waals surface area contributed by atoms with Gasteiger partial charge in [-0.25, -0.2) is 8.42 Å². The highest BCUT2D eigenvalue weighted by molar-refractivity contribution is 7.92. The van der Waals surface area contributed by atoms with Gasteiger partial charge in [0.05, 0.1) is 4.90 Å². The van der Waals surface area contributed by atoms with Crippen molar-refractivity contribution in [3.05, 3.63) is 83.4 Å². The molecule has 3 aromatic rings. The number of aryl methyl sites for hydroxylation is 1. The summed E-state index contributed by atoms with van der Waals surface area (Å²) in [5.74, 6) is 0.0685. The van der Waals surface area contributed by atoms with Crippen LogP contribution in [-0.2, 0) is 14.8 Å². The third kappa shape index (κ3) is 5.73. The largest absolute Gasteiger partial charge is 0.483 e. The first kappa shape index (κ1) is 20.7. The normalized spacial score (nSPS) is 11.0. The Morgan fingerprint density at radius 3 is 2.38 bits per heavy atom. The van der Waals surface area contributed by atoms with Gasteiger partial charge < -0.3 is 10.1 Å². The molecule has 0 aliphatic rings. The Bertz CT molecular complexity index is 1120. The quantitative estimate of drug-likeness (QED) is 0.579. The average molecular weight is 431 g/mol. The van der Waals surface area contributed by atoms with E-state index in [9.17, 15) is 13.2 Å². The second kappa shape index (κ2) is 8.98. The first-order valence-corrected chi connectivity index (χ1v) is 10.6. The smallest absolute Gasteiger partial charge is 0.262 e. The van der Waals surface area contributed by atoms with E-state index in [0.717, 1.165) is 0 Å². The first-order valence-electron chi connectivity index (χ1n) is 8.70. The molecular weight excluding hydrogens is 412 g/mol. The molecule has 0 saturated carbocycles. The highest BCUT2D eigenvalue weighted by Gasteiger charge is 2.16. The van der Waals surface area contributed by atoms with Gasteiger partial charge in [-0.15, -0.1) is 0 Å². The number of amides is 1. The molecule has 0 unspecified atom stereocenters. The summed E-state index contributed by atoms with van der Waals surface area (Å²) < 4.78 is 33.1. The van der Waals surface area contributed by atoms with Crippen molar-refractivity contribution in [1.29, 1.82) is 0 Å². The second-order valence-electron chi connectivity index (χ2n) is 6.25. The standard InChI is InChI=1S/C21H19ClN2O4S/c1-15-12-19(29(26,27)24-17-7-3-2-4-8-17)10-11-20(15)28-14-21(25)23-18-9-5-6-16(22)13-18/h2-13,24H,14H2,1H3,(H,23,25). The number of anilines is 2. The van der Waals surface area contributed by atoms with Crippen LogP contribution in [0.1, 0.15) is 5.56 Å². The number of sulfonamides is 1. The Kier molecular flexibility index (Phi) is 6.41. The monoisotopic (exact) mass is 430 g/mol. The van der Waals surface area contributed by atoms with E-state index in [2.05, 4.69) is 10.0 Å². The molecule has 3 rings (SSSR count). The fourth-order valence-corrected chi connectivity index (χ4v) is 3.91. The molecule has 0 aliphatic heterocycles. The summed E-state index contributed by atoms with van der Waals surface area (Å²) in [4.78, 5) is 12.2. The molecular formula is C21H19ClN2O4S. The number of carbonyl (C=O) groups excluding carboxylic acids is 1. The number of benzene rings is 3. The maximum absolute atomic E-state index is 12.5. The maximum atomic E-state index is 12.5. The summed E-state index contributed by atoms with van der Waals surface area (Å²) >= 11 is 5.89. The molecule has 1 amide bonds. The Labute approximate surface area is 174 Å². The molecule has 0 fully saturated rings. The van der Waals surface area contributed by atoms with Gasteiger partial charge in [0.15, 0.2) is 6.61 Å². The molecule has 0 radical (unpaired) electrons. The van der Waals surface area contributed by atoms with Crippen LogP contribution in [0.3, 0.4) is 0 Å². The van der Waals surface area contributed by atoms with Crippen molar-refractivity contribution >= 4 is 38.9 Å². The van der Waals surface area contributed by atoms with Crippen LogP contribution in [0.25, 0.3) is 0 Å². The van der Waals surface area contributed by atoms with Gasteiger partial charge in [0.25, 0.3) is 15.9 Å². The van der Waals surface area contributed by atoms with Crippen LogP contribution in [0.2, 0.25) is 5.02 Å². The van der Waals surface area contributed by atoms with Crippen molar-refractivity contribution in [2.75, 3.05) is 16.6 Å². The highest BCUT2D eigenvalue weighted by Crippen LogP contribution is 2.23. The van der Waals surface area contributed by atoms with Gasteiger partial charge in [-0.05, 0) is 61.0 Å². The third-order valence-electron chi connectivity index (χ3n) is 3.95. The molecule has 0 aromatic heterocycles. The zero-order valence-corrected chi connectivity index (χ0v) is 17.1. The van der Waals surface area contributed by atoms with Crippen molar-refractivity contribution in [2.45, 2.75) is 11.8 Å². The number of ether oxygens (including phenoxy) is 1. The van der Waals surface area contributed by atoms with Gasteiger partial charge in [0.2, 0.25) is 0 Å². The van der Waals surface area contributed by atoms with Crippen LogP contribution in [0.5, 0.6) is 5.75 Å². The third-order valence-corrected chi connectivity index (χ3v) is 5.56. The molecule has 29 heavy (non-hydrogen) atoms.